The van der Waals surface area contributed by atoms with Crippen molar-refractivity contribution in [1.82, 2.24) is 0 Å². The molecule has 0 amide bonds. The van der Waals surface area contributed by atoms with E-state index >= 15 is 0 Å². The van der Waals surface area contributed by atoms with Crippen molar-refractivity contribution < 1.29 is 4.92 Å². The molecule has 2 rings (SSSR count). The lowest BCUT2D eigenvalue weighted by Crippen LogP contribution is -2.04. The van der Waals surface area contributed by atoms with E-state index in [4.69, 9.17) is 0 Å². The van der Waals surface area contributed by atoms with Gasteiger partial charge in [0.25, 0.3) is 5.69 Å². The first-order chi connectivity index (χ1) is 7.77. The number of nitro benzene ring substituents is 1. The van der Waals surface area contributed by atoms with Gasteiger partial charge in [-0.15, -0.1) is 0 Å². The first-order valence-corrected chi connectivity index (χ1v) is 5.57. The van der Waals surface area contributed by atoms with Gasteiger partial charge in [0.05, 0.1) is 4.92 Å². The lowest BCUT2D eigenvalue weighted by molar-refractivity contribution is -0.384. The average Bonchev–Trinajstić information content (AvgIpc) is 2.31. The van der Waals surface area contributed by atoms with E-state index in [1.807, 2.05) is 0 Å². The molecule has 1 aromatic carbocycles. The van der Waals surface area contributed by atoms with Gasteiger partial charge in [-0.2, -0.15) is 0 Å². The van der Waals surface area contributed by atoms with Gasteiger partial charge in [-0.1, -0.05) is 18.6 Å². The number of nitrogens with zero attached hydrogens (tertiary/aromatic N) is 2. The van der Waals surface area contributed by atoms with Gasteiger partial charge in [0.1, 0.15) is 5.69 Å². The topological polar surface area (TPSA) is 55.5 Å². The summed E-state index contributed by atoms with van der Waals surface area (Å²) < 4.78 is 0. The Bertz CT molecular complexity index is 419. The second-order valence-electron chi connectivity index (χ2n) is 3.98. The number of para-hydroxylation sites is 2. The number of rotatable bonds is 2. The Balaban J connectivity index is 2.29. The molecule has 0 spiro atoms. The average molecular weight is 218 g/mol. The third-order valence-corrected chi connectivity index (χ3v) is 2.79. The zero-order valence-corrected chi connectivity index (χ0v) is 9.06. The molecule has 1 aromatic rings. The van der Waals surface area contributed by atoms with Crippen LogP contribution in [0.15, 0.2) is 29.3 Å². The van der Waals surface area contributed by atoms with Crippen molar-refractivity contribution in [3.05, 3.63) is 34.4 Å². The van der Waals surface area contributed by atoms with Crippen LogP contribution in [-0.2, 0) is 0 Å². The maximum Gasteiger partial charge on any atom is 0.294 e. The zero-order valence-electron chi connectivity index (χ0n) is 9.06. The minimum atomic E-state index is -0.373. The van der Waals surface area contributed by atoms with Crippen LogP contribution in [0, 0.1) is 10.1 Å². The van der Waals surface area contributed by atoms with Crippen LogP contribution in [0.1, 0.15) is 32.1 Å². The van der Waals surface area contributed by atoms with Crippen LogP contribution in [0.25, 0.3) is 0 Å². The van der Waals surface area contributed by atoms with Crippen LogP contribution in [0.2, 0.25) is 0 Å². The van der Waals surface area contributed by atoms with Crippen LogP contribution in [0.5, 0.6) is 0 Å². The molecule has 0 atom stereocenters. The Morgan fingerprint density at radius 1 is 1.12 bits per heavy atom. The van der Waals surface area contributed by atoms with Crippen molar-refractivity contribution >= 4 is 17.1 Å². The van der Waals surface area contributed by atoms with Crippen LogP contribution < -0.4 is 0 Å². The molecule has 0 aliphatic heterocycles. The summed E-state index contributed by atoms with van der Waals surface area (Å²) in [6.45, 7) is 0. The van der Waals surface area contributed by atoms with E-state index in [0.29, 0.717) is 5.69 Å². The predicted molar refractivity (Wildman–Crippen MR) is 63.3 cm³/mol. The second-order valence-corrected chi connectivity index (χ2v) is 3.98. The Morgan fingerprint density at radius 3 is 2.50 bits per heavy atom. The normalized spacial score (nSPS) is 15.9. The Hall–Kier alpha value is -1.71. The summed E-state index contributed by atoms with van der Waals surface area (Å²) in [5, 5.41) is 10.8. The summed E-state index contributed by atoms with van der Waals surface area (Å²) in [5.41, 5.74) is 1.69. The fourth-order valence-corrected chi connectivity index (χ4v) is 1.96. The minimum Gasteiger partial charge on any atom is -0.258 e. The van der Waals surface area contributed by atoms with Gasteiger partial charge in [0, 0.05) is 11.8 Å². The van der Waals surface area contributed by atoms with Gasteiger partial charge in [-0.25, -0.2) is 0 Å². The molecule has 1 fully saturated rings. The lowest BCUT2D eigenvalue weighted by Gasteiger charge is -2.11. The minimum absolute atomic E-state index is 0.0978. The van der Waals surface area contributed by atoms with E-state index in [1.165, 1.54) is 12.5 Å². The monoisotopic (exact) mass is 218 g/mol. The fraction of sp³-hybridized carbons (Fsp3) is 0.417. The molecule has 4 nitrogen and oxygen atoms in total. The number of hydrogen-bond donors (Lipinski definition) is 0. The Labute approximate surface area is 94.2 Å². The lowest BCUT2D eigenvalue weighted by atomic mass is 9.98. The Morgan fingerprint density at radius 2 is 1.81 bits per heavy atom. The van der Waals surface area contributed by atoms with Crippen LogP contribution in [0.3, 0.4) is 0 Å². The molecule has 16 heavy (non-hydrogen) atoms. The molecule has 0 N–H and O–H groups in total. The molecular weight excluding hydrogens is 204 g/mol. The molecule has 0 radical (unpaired) electrons. The molecule has 84 valence electrons. The summed E-state index contributed by atoms with van der Waals surface area (Å²) in [7, 11) is 0. The SMILES string of the molecule is O=[N+]([O-])c1ccccc1N=C1CCCCC1. The van der Waals surface area contributed by atoms with E-state index in [-0.39, 0.29) is 10.6 Å². The maximum atomic E-state index is 10.8. The van der Waals surface area contributed by atoms with E-state index in [0.717, 1.165) is 31.4 Å². The first-order valence-electron chi connectivity index (χ1n) is 5.57. The molecule has 0 unspecified atom stereocenters. The summed E-state index contributed by atoms with van der Waals surface area (Å²) in [6, 6.07) is 6.67. The highest BCUT2D eigenvalue weighted by Crippen LogP contribution is 2.28. The largest absolute Gasteiger partial charge is 0.294 e. The zero-order chi connectivity index (χ0) is 11.4. The van der Waals surface area contributed by atoms with E-state index in [1.54, 1.807) is 18.2 Å². The highest BCUT2D eigenvalue weighted by molar-refractivity contribution is 5.88. The smallest absolute Gasteiger partial charge is 0.258 e. The highest BCUT2D eigenvalue weighted by Gasteiger charge is 2.13. The summed E-state index contributed by atoms with van der Waals surface area (Å²) in [4.78, 5) is 14.8. The van der Waals surface area contributed by atoms with E-state index in [2.05, 4.69) is 4.99 Å². The molecule has 1 aliphatic carbocycles. The molecule has 0 bridgehead atoms. The fourth-order valence-electron chi connectivity index (χ4n) is 1.96. The van der Waals surface area contributed by atoms with Crippen molar-refractivity contribution in [2.45, 2.75) is 32.1 Å². The van der Waals surface area contributed by atoms with Gasteiger partial charge >= 0.3 is 0 Å². The van der Waals surface area contributed by atoms with Crippen molar-refractivity contribution in [3.63, 3.8) is 0 Å². The molecule has 0 aromatic heterocycles. The van der Waals surface area contributed by atoms with Crippen LogP contribution in [-0.4, -0.2) is 10.6 Å². The number of aliphatic imine (C=N–C) groups is 1. The predicted octanol–water partition coefficient (Wildman–Crippen LogP) is 3.63. The summed E-state index contributed by atoms with van der Waals surface area (Å²) in [6.07, 6.45) is 5.51. The van der Waals surface area contributed by atoms with Crippen LogP contribution >= 0.6 is 0 Å². The van der Waals surface area contributed by atoms with Gasteiger partial charge < -0.3 is 0 Å². The summed E-state index contributed by atoms with van der Waals surface area (Å²) in [5.74, 6) is 0. The molecule has 0 heterocycles. The van der Waals surface area contributed by atoms with Crippen LogP contribution in [0.4, 0.5) is 11.4 Å². The van der Waals surface area contributed by atoms with Crippen molar-refractivity contribution in [1.29, 1.82) is 0 Å². The standard InChI is InChI=1S/C12H14N2O2/c15-14(16)12-9-5-4-8-11(12)13-10-6-2-1-3-7-10/h4-5,8-9H,1-3,6-7H2. The Kier molecular flexibility index (Phi) is 3.29. The van der Waals surface area contributed by atoms with Gasteiger partial charge in [0.2, 0.25) is 0 Å². The number of benzene rings is 1. The maximum absolute atomic E-state index is 10.8. The first kappa shape index (κ1) is 10.8. The third-order valence-electron chi connectivity index (χ3n) is 2.79. The van der Waals surface area contributed by atoms with E-state index in [9.17, 15) is 10.1 Å². The van der Waals surface area contributed by atoms with Crippen molar-refractivity contribution in [2.24, 2.45) is 4.99 Å². The number of hydrogen-bond acceptors (Lipinski definition) is 3. The molecule has 4 heteroatoms. The molecule has 0 saturated heterocycles. The summed E-state index contributed by atoms with van der Waals surface area (Å²) >= 11 is 0. The van der Waals surface area contributed by atoms with Crippen molar-refractivity contribution in [3.8, 4) is 0 Å². The van der Waals surface area contributed by atoms with Gasteiger partial charge in [0.15, 0.2) is 0 Å². The molecule has 1 saturated carbocycles. The second kappa shape index (κ2) is 4.88. The number of nitro groups is 1. The molecular formula is C12H14N2O2. The highest BCUT2D eigenvalue weighted by atomic mass is 16.6. The third kappa shape index (κ3) is 2.45. The van der Waals surface area contributed by atoms with Gasteiger partial charge in [-0.05, 0) is 31.7 Å². The quantitative estimate of drug-likeness (QED) is 0.562. The van der Waals surface area contributed by atoms with Crippen molar-refractivity contribution in [2.75, 3.05) is 0 Å². The molecule has 1 aliphatic rings. The van der Waals surface area contributed by atoms with Gasteiger partial charge in [-0.3, -0.25) is 15.1 Å². The van der Waals surface area contributed by atoms with E-state index < -0.39 is 0 Å².